The van der Waals surface area contributed by atoms with Crippen LogP contribution in [0.5, 0.6) is 0 Å². The summed E-state index contributed by atoms with van der Waals surface area (Å²) in [4.78, 5) is 16.5. The number of anilines is 1. The molecule has 1 aliphatic heterocycles. The van der Waals surface area contributed by atoms with Crippen LogP contribution in [0.15, 0.2) is 34.9 Å². The van der Waals surface area contributed by atoms with Gasteiger partial charge in [-0.05, 0) is 31.5 Å². The zero-order chi connectivity index (χ0) is 16.9. The summed E-state index contributed by atoms with van der Waals surface area (Å²) in [5.74, 6) is 0.865. The number of nitrogens with zero attached hydrogens (tertiary/aromatic N) is 3. The van der Waals surface area contributed by atoms with Crippen LogP contribution in [0.1, 0.15) is 17.9 Å². The van der Waals surface area contributed by atoms with Crippen LogP contribution >= 0.6 is 11.6 Å². The van der Waals surface area contributed by atoms with Crippen molar-refractivity contribution in [2.75, 3.05) is 31.5 Å². The molecule has 1 aliphatic rings. The molecule has 7 heteroatoms. The minimum Gasteiger partial charge on any atom is -0.360 e. The van der Waals surface area contributed by atoms with Crippen LogP contribution in [-0.2, 0) is 6.54 Å². The first-order valence-electron chi connectivity index (χ1n) is 8.06. The number of urea groups is 1. The van der Waals surface area contributed by atoms with Crippen LogP contribution in [0.25, 0.3) is 0 Å². The van der Waals surface area contributed by atoms with Gasteiger partial charge in [-0.15, -0.1) is 0 Å². The van der Waals surface area contributed by atoms with Gasteiger partial charge in [-0.25, -0.2) is 4.79 Å². The Bertz CT molecular complexity index is 703. The van der Waals surface area contributed by atoms with Gasteiger partial charge in [0.15, 0.2) is 5.76 Å². The standard InChI is InChI=1S/C17H21ClN4O2/c1-13-10-16(24-20-13)12-21-6-3-7-22(9-8-21)17(23)19-15-5-2-4-14(18)11-15/h2,4-5,10-11H,3,6-9,12H2,1H3,(H,19,23). The molecule has 0 atom stereocenters. The van der Waals surface area contributed by atoms with Gasteiger partial charge in [0.05, 0.1) is 12.2 Å². The fourth-order valence-electron chi connectivity index (χ4n) is 2.81. The molecule has 2 amide bonds. The summed E-state index contributed by atoms with van der Waals surface area (Å²) in [7, 11) is 0. The van der Waals surface area contributed by atoms with Crippen LogP contribution in [0, 0.1) is 6.92 Å². The lowest BCUT2D eigenvalue weighted by Gasteiger charge is -2.21. The number of amides is 2. The molecule has 2 aromatic rings. The van der Waals surface area contributed by atoms with E-state index in [9.17, 15) is 4.79 Å². The molecule has 1 N–H and O–H groups in total. The van der Waals surface area contributed by atoms with Gasteiger partial charge in [-0.1, -0.05) is 22.8 Å². The van der Waals surface area contributed by atoms with Gasteiger partial charge in [0.25, 0.3) is 0 Å². The molecule has 2 heterocycles. The number of aryl methyl sites for hydroxylation is 1. The van der Waals surface area contributed by atoms with E-state index in [0.29, 0.717) is 17.3 Å². The molecule has 0 saturated carbocycles. The Balaban J connectivity index is 1.53. The monoisotopic (exact) mass is 348 g/mol. The molecule has 1 aromatic carbocycles. The van der Waals surface area contributed by atoms with E-state index in [1.807, 2.05) is 30.0 Å². The molecule has 0 bridgehead atoms. The van der Waals surface area contributed by atoms with Crippen LogP contribution < -0.4 is 5.32 Å². The SMILES string of the molecule is Cc1cc(CN2CCCN(C(=O)Nc3cccc(Cl)c3)CC2)on1. The lowest BCUT2D eigenvalue weighted by Crippen LogP contribution is -2.38. The van der Waals surface area contributed by atoms with E-state index in [1.54, 1.807) is 12.1 Å². The number of hydrogen-bond acceptors (Lipinski definition) is 4. The van der Waals surface area contributed by atoms with E-state index in [2.05, 4.69) is 15.4 Å². The molecule has 128 valence electrons. The Morgan fingerprint density at radius 3 is 2.92 bits per heavy atom. The molecule has 0 aliphatic carbocycles. The largest absolute Gasteiger partial charge is 0.360 e. The molecule has 6 nitrogen and oxygen atoms in total. The average Bonchev–Trinajstić information content (AvgIpc) is 2.81. The summed E-state index contributed by atoms with van der Waals surface area (Å²) < 4.78 is 5.28. The maximum atomic E-state index is 12.4. The van der Waals surface area contributed by atoms with Crippen molar-refractivity contribution in [1.29, 1.82) is 0 Å². The third-order valence-electron chi connectivity index (χ3n) is 4.01. The summed E-state index contributed by atoms with van der Waals surface area (Å²) in [6.07, 6.45) is 0.927. The van der Waals surface area contributed by atoms with E-state index < -0.39 is 0 Å². The predicted octanol–water partition coefficient (Wildman–Crippen LogP) is 3.38. The lowest BCUT2D eigenvalue weighted by atomic mass is 10.3. The van der Waals surface area contributed by atoms with Crippen LogP contribution in [0.4, 0.5) is 10.5 Å². The Morgan fingerprint density at radius 1 is 1.29 bits per heavy atom. The first-order valence-corrected chi connectivity index (χ1v) is 8.44. The van der Waals surface area contributed by atoms with Crippen molar-refractivity contribution in [3.05, 3.63) is 46.8 Å². The molecule has 0 spiro atoms. The minimum absolute atomic E-state index is 0.0883. The zero-order valence-corrected chi connectivity index (χ0v) is 14.4. The number of halogens is 1. The summed E-state index contributed by atoms with van der Waals surface area (Å²) in [6, 6.07) is 9.05. The molecule has 1 fully saturated rings. The summed E-state index contributed by atoms with van der Waals surface area (Å²) in [6.45, 7) is 5.79. The molecule has 3 rings (SSSR count). The van der Waals surface area contributed by atoms with E-state index in [-0.39, 0.29) is 6.03 Å². The Hall–Kier alpha value is -2.05. The van der Waals surface area contributed by atoms with Crippen LogP contribution in [-0.4, -0.2) is 47.2 Å². The lowest BCUT2D eigenvalue weighted by molar-refractivity contribution is 0.208. The van der Waals surface area contributed by atoms with Crippen molar-refractivity contribution >= 4 is 23.3 Å². The summed E-state index contributed by atoms with van der Waals surface area (Å²) in [5.41, 5.74) is 1.60. The second kappa shape index (κ2) is 7.68. The first kappa shape index (κ1) is 16.8. The second-order valence-electron chi connectivity index (χ2n) is 5.99. The molecular formula is C17H21ClN4O2. The highest BCUT2D eigenvalue weighted by Gasteiger charge is 2.20. The van der Waals surface area contributed by atoms with E-state index in [1.165, 1.54) is 0 Å². The molecule has 0 unspecified atom stereocenters. The topological polar surface area (TPSA) is 61.6 Å². The van der Waals surface area contributed by atoms with Crippen LogP contribution in [0.3, 0.4) is 0 Å². The Kier molecular flexibility index (Phi) is 5.37. The highest BCUT2D eigenvalue weighted by molar-refractivity contribution is 6.30. The van der Waals surface area contributed by atoms with Crippen molar-refractivity contribution in [3.63, 3.8) is 0 Å². The van der Waals surface area contributed by atoms with E-state index >= 15 is 0 Å². The zero-order valence-electron chi connectivity index (χ0n) is 13.7. The highest BCUT2D eigenvalue weighted by atomic mass is 35.5. The third-order valence-corrected chi connectivity index (χ3v) is 4.24. The van der Waals surface area contributed by atoms with Crippen molar-refractivity contribution in [3.8, 4) is 0 Å². The van der Waals surface area contributed by atoms with Gasteiger partial charge in [-0.2, -0.15) is 0 Å². The van der Waals surface area contributed by atoms with Crippen molar-refractivity contribution in [2.24, 2.45) is 0 Å². The van der Waals surface area contributed by atoms with Gasteiger partial charge in [0, 0.05) is 43.0 Å². The Labute approximate surface area is 146 Å². The molecule has 1 aromatic heterocycles. The quantitative estimate of drug-likeness (QED) is 0.923. The number of hydrogen-bond donors (Lipinski definition) is 1. The number of benzene rings is 1. The van der Waals surface area contributed by atoms with Crippen LogP contribution in [0.2, 0.25) is 5.02 Å². The summed E-state index contributed by atoms with van der Waals surface area (Å²) >= 11 is 5.95. The molecule has 0 radical (unpaired) electrons. The van der Waals surface area contributed by atoms with Gasteiger partial charge in [0.1, 0.15) is 0 Å². The number of carbonyl (C=O) groups is 1. The van der Waals surface area contributed by atoms with Gasteiger partial charge < -0.3 is 14.7 Å². The maximum Gasteiger partial charge on any atom is 0.321 e. The highest BCUT2D eigenvalue weighted by Crippen LogP contribution is 2.16. The second-order valence-corrected chi connectivity index (χ2v) is 6.43. The van der Waals surface area contributed by atoms with Gasteiger partial charge in [-0.3, -0.25) is 4.90 Å². The number of aromatic nitrogens is 1. The average molecular weight is 349 g/mol. The fraction of sp³-hybridized carbons (Fsp3) is 0.412. The number of rotatable bonds is 3. The number of nitrogens with one attached hydrogen (secondary N) is 1. The smallest absolute Gasteiger partial charge is 0.321 e. The van der Waals surface area contributed by atoms with Crippen molar-refractivity contribution in [1.82, 2.24) is 15.0 Å². The van der Waals surface area contributed by atoms with E-state index in [0.717, 1.165) is 44.1 Å². The predicted molar refractivity (Wildman–Crippen MR) is 93.2 cm³/mol. The normalized spacial score (nSPS) is 16.0. The van der Waals surface area contributed by atoms with E-state index in [4.69, 9.17) is 16.1 Å². The number of carbonyl (C=O) groups excluding carboxylic acids is 1. The maximum absolute atomic E-state index is 12.4. The third kappa shape index (κ3) is 4.49. The summed E-state index contributed by atoms with van der Waals surface area (Å²) in [5, 5.41) is 7.43. The van der Waals surface area contributed by atoms with Crippen molar-refractivity contribution < 1.29 is 9.32 Å². The minimum atomic E-state index is -0.0883. The van der Waals surface area contributed by atoms with Gasteiger partial charge in [0.2, 0.25) is 0 Å². The fourth-order valence-corrected chi connectivity index (χ4v) is 3.00. The molecule has 24 heavy (non-hydrogen) atoms. The van der Waals surface area contributed by atoms with Crippen molar-refractivity contribution in [2.45, 2.75) is 19.9 Å². The Morgan fingerprint density at radius 2 is 2.17 bits per heavy atom. The first-order chi connectivity index (χ1) is 11.6. The molecule has 1 saturated heterocycles. The molecular weight excluding hydrogens is 328 g/mol. The van der Waals surface area contributed by atoms with Gasteiger partial charge >= 0.3 is 6.03 Å².